The van der Waals surface area contributed by atoms with Crippen LogP contribution in [-0.4, -0.2) is 15.0 Å². The lowest BCUT2D eigenvalue weighted by atomic mass is 10.3. The fourth-order valence-electron chi connectivity index (χ4n) is 1.09. The van der Waals surface area contributed by atoms with E-state index in [-0.39, 0.29) is 0 Å². The fourth-order valence-corrected chi connectivity index (χ4v) is 1.33. The maximum Gasteiger partial charge on any atom is 0.115 e. The molecule has 2 aromatic heterocycles. The second kappa shape index (κ2) is 4.84. The highest BCUT2D eigenvalue weighted by atomic mass is 79.9. The number of anilines is 1. The van der Waals surface area contributed by atoms with Gasteiger partial charge in [0, 0.05) is 10.7 Å². The number of rotatable bonds is 3. The Hall–Kier alpha value is -1.49. The molecule has 1 N–H and O–H groups in total. The molecule has 0 saturated heterocycles. The minimum atomic E-state index is 0.667. The monoisotopic (exact) mass is 264 g/mol. The highest BCUT2D eigenvalue weighted by molar-refractivity contribution is 9.10. The Morgan fingerprint density at radius 1 is 1.13 bits per heavy atom. The van der Waals surface area contributed by atoms with Gasteiger partial charge in [0.05, 0.1) is 30.3 Å². The number of halogens is 1. The van der Waals surface area contributed by atoms with Crippen molar-refractivity contribution >= 4 is 21.6 Å². The van der Waals surface area contributed by atoms with E-state index in [1.807, 2.05) is 12.1 Å². The van der Waals surface area contributed by atoms with Crippen LogP contribution in [0.5, 0.6) is 0 Å². The molecule has 0 amide bonds. The first-order chi connectivity index (χ1) is 7.34. The number of hydrogen-bond acceptors (Lipinski definition) is 4. The standard InChI is InChI=1S/C10H9BrN4/c11-8-1-2-9(14-3-8)6-15-10-4-12-7-13-5-10/h1-5,7,15H,6H2. The van der Waals surface area contributed by atoms with Crippen LogP contribution in [0.4, 0.5) is 5.69 Å². The lowest BCUT2D eigenvalue weighted by molar-refractivity contribution is 1.03. The summed E-state index contributed by atoms with van der Waals surface area (Å²) < 4.78 is 0.981. The van der Waals surface area contributed by atoms with Gasteiger partial charge >= 0.3 is 0 Å². The molecule has 0 fully saturated rings. The molecule has 0 atom stereocenters. The zero-order valence-corrected chi connectivity index (χ0v) is 9.48. The predicted octanol–water partition coefficient (Wildman–Crippen LogP) is 2.25. The van der Waals surface area contributed by atoms with Crippen LogP contribution in [0.3, 0.4) is 0 Å². The Bertz CT molecular complexity index is 415. The number of nitrogens with one attached hydrogen (secondary N) is 1. The molecule has 0 radical (unpaired) electrons. The molecular formula is C10H9BrN4. The summed E-state index contributed by atoms with van der Waals surface area (Å²) in [6.07, 6.45) is 6.74. The maximum absolute atomic E-state index is 4.24. The first-order valence-corrected chi connectivity index (χ1v) is 5.23. The van der Waals surface area contributed by atoms with Crippen LogP contribution in [0, 0.1) is 0 Å². The van der Waals surface area contributed by atoms with Gasteiger partial charge in [-0.05, 0) is 28.1 Å². The molecular weight excluding hydrogens is 256 g/mol. The zero-order chi connectivity index (χ0) is 10.5. The average molecular weight is 265 g/mol. The molecule has 0 aliphatic carbocycles. The van der Waals surface area contributed by atoms with Gasteiger partial charge in [-0.2, -0.15) is 0 Å². The summed E-state index contributed by atoms with van der Waals surface area (Å²) >= 11 is 3.34. The van der Waals surface area contributed by atoms with Crippen LogP contribution in [-0.2, 0) is 6.54 Å². The van der Waals surface area contributed by atoms with E-state index in [9.17, 15) is 0 Å². The first-order valence-electron chi connectivity index (χ1n) is 4.44. The van der Waals surface area contributed by atoms with Crippen LogP contribution >= 0.6 is 15.9 Å². The fraction of sp³-hybridized carbons (Fsp3) is 0.100. The Balaban J connectivity index is 1.96. The lowest BCUT2D eigenvalue weighted by Gasteiger charge is -2.04. The highest BCUT2D eigenvalue weighted by Gasteiger charge is 1.95. The second-order valence-electron chi connectivity index (χ2n) is 2.95. The van der Waals surface area contributed by atoms with E-state index in [0.717, 1.165) is 15.9 Å². The van der Waals surface area contributed by atoms with E-state index in [0.29, 0.717) is 6.54 Å². The van der Waals surface area contributed by atoms with Crippen LogP contribution in [0.25, 0.3) is 0 Å². The Kier molecular flexibility index (Phi) is 3.24. The van der Waals surface area contributed by atoms with E-state index in [4.69, 9.17) is 0 Å². The van der Waals surface area contributed by atoms with Gasteiger partial charge in [-0.1, -0.05) is 0 Å². The largest absolute Gasteiger partial charge is 0.377 e. The molecule has 76 valence electrons. The molecule has 2 heterocycles. The molecule has 0 aromatic carbocycles. The molecule has 0 spiro atoms. The normalized spacial score (nSPS) is 9.93. The van der Waals surface area contributed by atoms with Crippen molar-refractivity contribution in [2.75, 3.05) is 5.32 Å². The molecule has 2 rings (SSSR count). The van der Waals surface area contributed by atoms with E-state index < -0.39 is 0 Å². The first kappa shape index (κ1) is 10.0. The van der Waals surface area contributed by atoms with E-state index in [2.05, 4.69) is 36.2 Å². The lowest BCUT2D eigenvalue weighted by Crippen LogP contribution is -2.01. The van der Waals surface area contributed by atoms with Crippen LogP contribution in [0.2, 0.25) is 0 Å². The number of pyridine rings is 1. The molecule has 15 heavy (non-hydrogen) atoms. The molecule has 2 aromatic rings. The minimum absolute atomic E-state index is 0.667. The smallest absolute Gasteiger partial charge is 0.115 e. The summed E-state index contributed by atoms with van der Waals surface area (Å²) in [5.41, 5.74) is 1.87. The topological polar surface area (TPSA) is 50.7 Å². The Labute approximate surface area is 95.9 Å². The summed E-state index contributed by atoms with van der Waals surface area (Å²) in [6, 6.07) is 3.92. The Morgan fingerprint density at radius 2 is 1.93 bits per heavy atom. The summed E-state index contributed by atoms with van der Waals surface area (Å²) in [5, 5.41) is 3.18. The van der Waals surface area contributed by atoms with Crippen molar-refractivity contribution in [3.05, 3.63) is 47.2 Å². The van der Waals surface area contributed by atoms with Crippen LogP contribution in [0.1, 0.15) is 5.69 Å². The van der Waals surface area contributed by atoms with Crippen molar-refractivity contribution in [2.24, 2.45) is 0 Å². The maximum atomic E-state index is 4.24. The number of aromatic nitrogens is 3. The van der Waals surface area contributed by atoms with Gasteiger partial charge in [-0.3, -0.25) is 4.98 Å². The van der Waals surface area contributed by atoms with E-state index >= 15 is 0 Å². The third-order valence-electron chi connectivity index (χ3n) is 1.82. The van der Waals surface area contributed by atoms with Crippen LogP contribution in [0.15, 0.2) is 41.5 Å². The molecule has 0 bridgehead atoms. The van der Waals surface area contributed by atoms with Gasteiger partial charge in [-0.15, -0.1) is 0 Å². The van der Waals surface area contributed by atoms with E-state index in [1.54, 1.807) is 18.6 Å². The van der Waals surface area contributed by atoms with Gasteiger partial charge in [0.25, 0.3) is 0 Å². The quantitative estimate of drug-likeness (QED) is 0.924. The van der Waals surface area contributed by atoms with Crippen molar-refractivity contribution < 1.29 is 0 Å². The van der Waals surface area contributed by atoms with Gasteiger partial charge in [0.1, 0.15) is 6.33 Å². The summed E-state index contributed by atoms with van der Waals surface area (Å²) in [7, 11) is 0. The van der Waals surface area contributed by atoms with E-state index in [1.165, 1.54) is 6.33 Å². The van der Waals surface area contributed by atoms with Crippen molar-refractivity contribution in [3.63, 3.8) is 0 Å². The van der Waals surface area contributed by atoms with Crippen molar-refractivity contribution in [2.45, 2.75) is 6.54 Å². The minimum Gasteiger partial charge on any atom is -0.377 e. The molecule has 0 unspecified atom stereocenters. The molecule has 4 nitrogen and oxygen atoms in total. The average Bonchev–Trinajstić information content (AvgIpc) is 2.30. The number of hydrogen-bond donors (Lipinski definition) is 1. The third-order valence-corrected chi connectivity index (χ3v) is 2.29. The number of nitrogens with zero attached hydrogens (tertiary/aromatic N) is 3. The van der Waals surface area contributed by atoms with Crippen molar-refractivity contribution in [1.29, 1.82) is 0 Å². The van der Waals surface area contributed by atoms with Gasteiger partial charge in [0.15, 0.2) is 0 Å². The molecule has 0 saturated carbocycles. The van der Waals surface area contributed by atoms with Gasteiger partial charge < -0.3 is 5.32 Å². The SMILES string of the molecule is Brc1ccc(CNc2cncnc2)nc1. The highest BCUT2D eigenvalue weighted by Crippen LogP contribution is 2.09. The zero-order valence-electron chi connectivity index (χ0n) is 7.89. The predicted molar refractivity (Wildman–Crippen MR) is 61.3 cm³/mol. The molecule has 0 aliphatic rings. The van der Waals surface area contributed by atoms with Crippen LogP contribution < -0.4 is 5.32 Å². The molecule has 0 aliphatic heterocycles. The van der Waals surface area contributed by atoms with Gasteiger partial charge in [0.2, 0.25) is 0 Å². The van der Waals surface area contributed by atoms with Crippen molar-refractivity contribution in [3.8, 4) is 0 Å². The second-order valence-corrected chi connectivity index (χ2v) is 3.86. The third kappa shape index (κ3) is 2.99. The Morgan fingerprint density at radius 3 is 2.60 bits per heavy atom. The summed E-state index contributed by atoms with van der Waals surface area (Å²) in [5.74, 6) is 0. The van der Waals surface area contributed by atoms with Gasteiger partial charge in [-0.25, -0.2) is 9.97 Å². The summed E-state index contributed by atoms with van der Waals surface area (Å²) in [4.78, 5) is 12.1. The molecule has 5 heteroatoms. The van der Waals surface area contributed by atoms with Crippen molar-refractivity contribution in [1.82, 2.24) is 15.0 Å². The summed E-state index contributed by atoms with van der Waals surface area (Å²) in [6.45, 7) is 0.667.